The molecule has 9 heteroatoms. The van der Waals surface area contributed by atoms with Gasteiger partial charge in [-0.3, -0.25) is 4.79 Å². The molecule has 0 aliphatic heterocycles. The van der Waals surface area contributed by atoms with Crippen molar-refractivity contribution in [3.63, 3.8) is 0 Å². The van der Waals surface area contributed by atoms with Gasteiger partial charge in [0.2, 0.25) is 5.95 Å². The highest BCUT2D eigenvalue weighted by Crippen LogP contribution is 2.22. The molecule has 0 saturated carbocycles. The molecule has 0 saturated heterocycles. The Morgan fingerprint density at radius 2 is 1.88 bits per heavy atom. The zero-order valence-electron chi connectivity index (χ0n) is 19.1. The maximum atomic E-state index is 13.1. The molecule has 1 aromatic carbocycles. The zero-order chi connectivity index (χ0) is 23.8. The van der Waals surface area contributed by atoms with Gasteiger partial charge in [0.25, 0.3) is 5.56 Å². The first-order chi connectivity index (χ1) is 15.7. The highest BCUT2D eigenvalue weighted by Gasteiger charge is 2.21. The summed E-state index contributed by atoms with van der Waals surface area (Å²) in [5.74, 6) is 0.812. The van der Waals surface area contributed by atoms with Gasteiger partial charge in [0.15, 0.2) is 11.5 Å². The fraction of sp³-hybridized carbons (Fsp3) is 0.250. The number of anilines is 3. The lowest BCUT2D eigenvalue weighted by Crippen LogP contribution is -2.23. The molecular formula is C24H27N7O2. The third-order valence-electron chi connectivity index (χ3n) is 5.20. The normalized spacial score (nSPS) is 11.5. The zero-order valence-corrected chi connectivity index (χ0v) is 19.1. The Balaban J connectivity index is 1.84. The van der Waals surface area contributed by atoms with Gasteiger partial charge in [0.05, 0.1) is 12.2 Å². The van der Waals surface area contributed by atoms with Gasteiger partial charge >= 0.3 is 0 Å². The van der Waals surface area contributed by atoms with Crippen molar-refractivity contribution in [1.29, 1.82) is 0 Å². The first-order valence-corrected chi connectivity index (χ1v) is 10.5. The molecule has 0 atom stereocenters. The summed E-state index contributed by atoms with van der Waals surface area (Å²) in [6.07, 6.45) is 3.15. The van der Waals surface area contributed by atoms with Crippen LogP contribution in [-0.2, 0) is 12.1 Å². The Morgan fingerprint density at radius 3 is 2.52 bits per heavy atom. The third kappa shape index (κ3) is 4.35. The number of nitrogens with one attached hydrogen (secondary N) is 1. The second-order valence-electron chi connectivity index (χ2n) is 8.42. The van der Waals surface area contributed by atoms with E-state index >= 15 is 0 Å². The molecule has 0 radical (unpaired) electrons. The molecule has 4 rings (SSSR count). The summed E-state index contributed by atoms with van der Waals surface area (Å²) in [6, 6.07) is 13.2. The number of allylic oxidation sites excluding steroid dienone is 1. The smallest absolute Gasteiger partial charge is 0.278 e. The van der Waals surface area contributed by atoms with Crippen LogP contribution in [0.15, 0.2) is 66.1 Å². The Labute approximate surface area is 191 Å². The molecule has 3 heterocycles. The minimum Gasteiger partial charge on any atom is -0.384 e. The second kappa shape index (κ2) is 8.51. The number of benzene rings is 1. The molecule has 0 unspecified atom stereocenters. The van der Waals surface area contributed by atoms with Gasteiger partial charge in [-0.05, 0) is 50.2 Å². The summed E-state index contributed by atoms with van der Waals surface area (Å²) in [4.78, 5) is 28.7. The lowest BCUT2D eigenvalue weighted by atomic mass is 10.1. The molecule has 170 valence electrons. The first-order valence-electron chi connectivity index (χ1n) is 10.5. The van der Waals surface area contributed by atoms with E-state index in [4.69, 9.17) is 0 Å². The van der Waals surface area contributed by atoms with Gasteiger partial charge in [0, 0.05) is 31.7 Å². The van der Waals surface area contributed by atoms with Crippen LogP contribution in [-0.4, -0.2) is 43.5 Å². The SMILES string of the molecule is C=CCn1c(=O)c2cnc(Nc3ccc(N(C)C)cc3)nc2n1-c1cccc(C(C)(C)O)n1. The number of hydrogen-bond donors (Lipinski definition) is 2. The van der Waals surface area contributed by atoms with Crippen molar-refractivity contribution in [2.45, 2.75) is 26.0 Å². The molecule has 0 aliphatic carbocycles. The van der Waals surface area contributed by atoms with Crippen LogP contribution >= 0.6 is 0 Å². The minimum atomic E-state index is -1.14. The van der Waals surface area contributed by atoms with Crippen LogP contribution in [0.5, 0.6) is 0 Å². The fourth-order valence-corrected chi connectivity index (χ4v) is 3.46. The van der Waals surface area contributed by atoms with Crippen molar-refractivity contribution in [1.82, 2.24) is 24.3 Å². The molecule has 33 heavy (non-hydrogen) atoms. The molecule has 0 bridgehead atoms. The maximum absolute atomic E-state index is 13.1. The summed E-state index contributed by atoms with van der Waals surface area (Å²) in [5, 5.41) is 14.0. The number of pyridine rings is 1. The van der Waals surface area contributed by atoms with Crippen LogP contribution < -0.4 is 15.8 Å². The van der Waals surface area contributed by atoms with Crippen LogP contribution in [0.1, 0.15) is 19.5 Å². The van der Waals surface area contributed by atoms with E-state index < -0.39 is 5.60 Å². The fourth-order valence-electron chi connectivity index (χ4n) is 3.46. The first kappa shape index (κ1) is 22.2. The van der Waals surface area contributed by atoms with E-state index in [-0.39, 0.29) is 12.1 Å². The van der Waals surface area contributed by atoms with Gasteiger partial charge in [-0.15, -0.1) is 6.58 Å². The highest BCUT2D eigenvalue weighted by atomic mass is 16.3. The quantitative estimate of drug-likeness (QED) is 0.421. The standard InChI is InChI=1S/C24H27N7O2/c1-6-14-30-22(32)18-15-25-23(26-16-10-12-17(13-11-16)29(4)5)28-21(18)31(30)20-9-7-8-19(27-20)24(2,3)33/h6-13,15,33H,1,14H2,2-5H3,(H,25,26,28). The number of rotatable bonds is 7. The summed E-state index contributed by atoms with van der Waals surface area (Å²) >= 11 is 0. The van der Waals surface area contributed by atoms with Crippen molar-refractivity contribution < 1.29 is 5.11 Å². The third-order valence-corrected chi connectivity index (χ3v) is 5.20. The molecule has 2 N–H and O–H groups in total. The predicted octanol–water partition coefficient (Wildman–Crippen LogP) is 3.20. The number of aliphatic hydroxyl groups is 1. The monoisotopic (exact) mass is 445 g/mol. The van der Waals surface area contributed by atoms with E-state index in [2.05, 4.69) is 26.8 Å². The van der Waals surface area contributed by atoms with Gasteiger partial charge in [-0.25, -0.2) is 19.3 Å². The summed E-state index contributed by atoms with van der Waals surface area (Å²) in [5.41, 5.74) is 1.40. The number of aromatic nitrogens is 5. The van der Waals surface area contributed by atoms with E-state index in [0.717, 1.165) is 11.4 Å². The van der Waals surface area contributed by atoms with Crippen LogP contribution in [0.3, 0.4) is 0 Å². The molecule has 0 amide bonds. The van der Waals surface area contributed by atoms with Crippen LogP contribution in [0.4, 0.5) is 17.3 Å². The molecule has 0 fully saturated rings. The van der Waals surface area contributed by atoms with Gasteiger partial charge in [0.1, 0.15) is 11.0 Å². The van der Waals surface area contributed by atoms with Crippen LogP contribution in [0, 0.1) is 0 Å². The predicted molar refractivity (Wildman–Crippen MR) is 130 cm³/mol. The Hall–Kier alpha value is -3.98. The van der Waals surface area contributed by atoms with Crippen molar-refractivity contribution in [2.75, 3.05) is 24.3 Å². The summed E-state index contributed by atoms with van der Waals surface area (Å²) in [7, 11) is 3.96. The molecule has 3 aromatic heterocycles. The molecular weight excluding hydrogens is 418 g/mol. The average molecular weight is 446 g/mol. The van der Waals surface area contributed by atoms with Crippen LogP contribution in [0.2, 0.25) is 0 Å². The van der Waals surface area contributed by atoms with Gasteiger partial charge < -0.3 is 15.3 Å². The summed E-state index contributed by atoms with van der Waals surface area (Å²) in [6.45, 7) is 7.35. The molecule has 0 spiro atoms. The molecule has 4 aromatic rings. The van der Waals surface area contributed by atoms with E-state index in [1.807, 2.05) is 43.3 Å². The lowest BCUT2D eigenvalue weighted by molar-refractivity contribution is 0.0738. The summed E-state index contributed by atoms with van der Waals surface area (Å²) < 4.78 is 3.13. The van der Waals surface area contributed by atoms with Crippen molar-refractivity contribution in [3.8, 4) is 5.82 Å². The largest absolute Gasteiger partial charge is 0.384 e. The average Bonchev–Trinajstić information content (AvgIpc) is 3.05. The lowest BCUT2D eigenvalue weighted by Gasteiger charge is -2.18. The van der Waals surface area contributed by atoms with Crippen molar-refractivity contribution in [2.24, 2.45) is 0 Å². The van der Waals surface area contributed by atoms with E-state index in [0.29, 0.717) is 28.5 Å². The van der Waals surface area contributed by atoms with E-state index in [1.165, 1.54) is 10.9 Å². The van der Waals surface area contributed by atoms with Gasteiger partial charge in [-0.2, -0.15) is 4.98 Å². The van der Waals surface area contributed by atoms with Gasteiger partial charge in [-0.1, -0.05) is 12.1 Å². The molecule has 9 nitrogen and oxygen atoms in total. The maximum Gasteiger partial charge on any atom is 0.278 e. The number of hydrogen-bond acceptors (Lipinski definition) is 7. The van der Waals surface area contributed by atoms with Crippen LogP contribution in [0.25, 0.3) is 16.9 Å². The second-order valence-corrected chi connectivity index (χ2v) is 8.42. The number of fused-ring (bicyclic) bond motifs is 1. The van der Waals surface area contributed by atoms with Crippen molar-refractivity contribution >= 4 is 28.4 Å². The van der Waals surface area contributed by atoms with E-state index in [9.17, 15) is 9.90 Å². The Kier molecular flexibility index (Phi) is 5.73. The molecule has 0 aliphatic rings. The Morgan fingerprint density at radius 1 is 1.15 bits per heavy atom. The van der Waals surface area contributed by atoms with E-state index in [1.54, 1.807) is 42.8 Å². The van der Waals surface area contributed by atoms with Crippen molar-refractivity contribution in [3.05, 3.63) is 77.4 Å². The highest BCUT2D eigenvalue weighted by molar-refractivity contribution is 5.77. The topological polar surface area (TPSA) is 101 Å². The minimum absolute atomic E-state index is 0.248. The number of nitrogens with zero attached hydrogens (tertiary/aromatic N) is 6. The Bertz CT molecular complexity index is 1360.